The van der Waals surface area contributed by atoms with E-state index in [-0.39, 0.29) is 5.92 Å². The molecule has 1 rings (SSSR count). The minimum absolute atomic E-state index is 0.0242. The maximum atomic E-state index is 12.1. The zero-order valence-corrected chi connectivity index (χ0v) is 10.4. The molecule has 1 atom stereocenters. The van der Waals surface area contributed by atoms with Crippen LogP contribution in [0.25, 0.3) is 0 Å². The van der Waals surface area contributed by atoms with Crippen molar-refractivity contribution in [2.24, 2.45) is 0 Å². The van der Waals surface area contributed by atoms with Crippen molar-refractivity contribution in [3.05, 3.63) is 35.9 Å². The number of benzene rings is 1. The van der Waals surface area contributed by atoms with E-state index < -0.39 is 0 Å². The number of carbonyl (C=O) groups excluding carboxylic acids is 1. The number of likely N-dealkylation sites (N-methyl/N-ethyl adjacent to an activating group) is 1. The largest absolute Gasteiger partial charge is 0.308 e. The molecule has 0 saturated carbocycles. The van der Waals surface area contributed by atoms with Crippen molar-refractivity contribution >= 4 is 5.78 Å². The molecule has 2 heteroatoms. The lowest BCUT2D eigenvalue weighted by molar-refractivity contribution is -0.120. The summed E-state index contributed by atoms with van der Waals surface area (Å²) in [7, 11) is 4.02. The number of ketones is 1. The van der Waals surface area contributed by atoms with Gasteiger partial charge in [-0.2, -0.15) is 0 Å². The van der Waals surface area contributed by atoms with E-state index >= 15 is 0 Å². The van der Waals surface area contributed by atoms with E-state index in [1.807, 2.05) is 44.4 Å². The van der Waals surface area contributed by atoms with Gasteiger partial charge < -0.3 is 4.90 Å². The van der Waals surface area contributed by atoms with Gasteiger partial charge in [0.25, 0.3) is 0 Å². The van der Waals surface area contributed by atoms with Crippen LogP contribution < -0.4 is 0 Å². The number of hydrogen-bond acceptors (Lipinski definition) is 2. The number of rotatable bonds is 6. The molecule has 0 aliphatic carbocycles. The lowest BCUT2D eigenvalue weighted by atomic mass is 9.92. The summed E-state index contributed by atoms with van der Waals surface area (Å²) in [6.45, 7) is 2.85. The van der Waals surface area contributed by atoms with Crippen molar-refractivity contribution in [3.63, 3.8) is 0 Å². The van der Waals surface area contributed by atoms with Gasteiger partial charge in [0.15, 0.2) is 0 Å². The van der Waals surface area contributed by atoms with Crippen molar-refractivity contribution in [1.29, 1.82) is 0 Å². The summed E-state index contributed by atoms with van der Waals surface area (Å²) in [6, 6.07) is 10.1. The Balaban J connectivity index is 2.83. The van der Waals surface area contributed by atoms with E-state index in [0.717, 1.165) is 18.5 Å². The van der Waals surface area contributed by atoms with Crippen molar-refractivity contribution in [3.8, 4) is 0 Å². The number of carbonyl (C=O) groups is 1. The van der Waals surface area contributed by atoms with Gasteiger partial charge in [-0.1, -0.05) is 37.3 Å². The first-order valence-corrected chi connectivity index (χ1v) is 5.87. The summed E-state index contributed by atoms with van der Waals surface area (Å²) in [5.41, 5.74) is 1.13. The number of Topliss-reactive ketones (excluding diaryl/α,β-unsaturated/α-hetero) is 1. The van der Waals surface area contributed by atoms with Crippen LogP contribution >= 0.6 is 0 Å². The second-order valence-corrected chi connectivity index (χ2v) is 4.44. The van der Waals surface area contributed by atoms with Gasteiger partial charge in [-0.25, -0.2) is 0 Å². The Morgan fingerprint density at radius 1 is 1.25 bits per heavy atom. The molecule has 0 amide bonds. The SMILES string of the molecule is CCCC(=O)[C@@H](CN(C)C)c1ccccc1. The van der Waals surface area contributed by atoms with E-state index in [4.69, 9.17) is 0 Å². The highest BCUT2D eigenvalue weighted by molar-refractivity contribution is 5.85. The first kappa shape index (κ1) is 12.9. The van der Waals surface area contributed by atoms with Gasteiger partial charge >= 0.3 is 0 Å². The maximum Gasteiger partial charge on any atom is 0.141 e. The molecule has 0 saturated heterocycles. The predicted molar refractivity (Wildman–Crippen MR) is 67.7 cm³/mol. The molecule has 1 aromatic rings. The van der Waals surface area contributed by atoms with E-state index in [9.17, 15) is 4.79 Å². The Bertz CT molecular complexity index is 319. The van der Waals surface area contributed by atoms with E-state index in [2.05, 4.69) is 11.8 Å². The molecule has 2 nitrogen and oxygen atoms in total. The maximum absolute atomic E-state index is 12.1. The molecule has 1 aromatic carbocycles. The first-order valence-electron chi connectivity index (χ1n) is 5.87. The normalized spacial score (nSPS) is 12.8. The molecule has 16 heavy (non-hydrogen) atoms. The smallest absolute Gasteiger partial charge is 0.141 e. The van der Waals surface area contributed by atoms with E-state index in [1.165, 1.54) is 0 Å². The first-order chi connectivity index (χ1) is 7.65. The zero-order chi connectivity index (χ0) is 12.0. The molecule has 0 aliphatic heterocycles. The molecule has 0 aromatic heterocycles. The van der Waals surface area contributed by atoms with Gasteiger partial charge in [0.2, 0.25) is 0 Å². The Labute approximate surface area is 98.3 Å². The third kappa shape index (κ3) is 3.78. The standard InChI is InChI=1S/C14H21NO/c1-4-8-14(16)13(11-15(2)3)12-9-6-5-7-10-12/h5-7,9-10,13H,4,8,11H2,1-3H3/t13-/m0/s1. The van der Waals surface area contributed by atoms with Crippen molar-refractivity contribution in [1.82, 2.24) is 4.90 Å². The molecule has 0 radical (unpaired) electrons. The highest BCUT2D eigenvalue weighted by atomic mass is 16.1. The molecular formula is C14H21NO. The molecule has 0 heterocycles. The number of hydrogen-bond donors (Lipinski definition) is 0. The minimum atomic E-state index is 0.0242. The summed E-state index contributed by atoms with van der Waals surface area (Å²) in [5.74, 6) is 0.374. The summed E-state index contributed by atoms with van der Waals surface area (Å²) in [4.78, 5) is 14.1. The van der Waals surface area contributed by atoms with Crippen LogP contribution in [0.1, 0.15) is 31.2 Å². The Hall–Kier alpha value is -1.15. The fourth-order valence-electron chi connectivity index (χ4n) is 1.86. The zero-order valence-electron chi connectivity index (χ0n) is 10.4. The quantitative estimate of drug-likeness (QED) is 0.733. The van der Waals surface area contributed by atoms with Gasteiger partial charge in [-0.3, -0.25) is 4.79 Å². The van der Waals surface area contributed by atoms with Gasteiger partial charge in [0.05, 0.1) is 5.92 Å². The molecular weight excluding hydrogens is 198 g/mol. The van der Waals surface area contributed by atoms with Gasteiger partial charge in [-0.15, -0.1) is 0 Å². The second-order valence-electron chi connectivity index (χ2n) is 4.44. The van der Waals surface area contributed by atoms with Crippen LogP contribution in [0.3, 0.4) is 0 Å². The van der Waals surface area contributed by atoms with Crippen molar-refractivity contribution in [2.45, 2.75) is 25.7 Å². The van der Waals surface area contributed by atoms with Gasteiger partial charge in [0, 0.05) is 13.0 Å². The lowest BCUT2D eigenvalue weighted by Crippen LogP contribution is -2.26. The average molecular weight is 219 g/mol. The molecule has 0 unspecified atom stereocenters. The van der Waals surface area contributed by atoms with Crippen LogP contribution in [0.4, 0.5) is 0 Å². The van der Waals surface area contributed by atoms with Gasteiger partial charge in [0.1, 0.15) is 5.78 Å². The summed E-state index contributed by atoms with van der Waals surface area (Å²) < 4.78 is 0. The van der Waals surface area contributed by atoms with Crippen LogP contribution in [0.5, 0.6) is 0 Å². The van der Waals surface area contributed by atoms with E-state index in [1.54, 1.807) is 0 Å². The Morgan fingerprint density at radius 3 is 2.38 bits per heavy atom. The molecule has 0 spiro atoms. The van der Waals surface area contributed by atoms with Crippen molar-refractivity contribution < 1.29 is 4.79 Å². The Kier molecular flexibility index (Phi) is 5.20. The van der Waals surface area contributed by atoms with Crippen LogP contribution in [0.2, 0.25) is 0 Å². The molecule has 0 N–H and O–H groups in total. The van der Waals surface area contributed by atoms with Gasteiger partial charge in [-0.05, 0) is 26.1 Å². The van der Waals surface area contributed by atoms with Crippen LogP contribution in [-0.4, -0.2) is 31.3 Å². The molecule has 0 fully saturated rings. The lowest BCUT2D eigenvalue weighted by Gasteiger charge is -2.20. The third-order valence-electron chi connectivity index (χ3n) is 2.63. The van der Waals surface area contributed by atoms with Crippen LogP contribution in [0.15, 0.2) is 30.3 Å². The van der Waals surface area contributed by atoms with E-state index in [0.29, 0.717) is 12.2 Å². The minimum Gasteiger partial charge on any atom is -0.308 e. The molecule has 0 bridgehead atoms. The summed E-state index contributed by atoms with van der Waals surface area (Å²) >= 11 is 0. The predicted octanol–water partition coefficient (Wildman–Crippen LogP) is 2.70. The second kappa shape index (κ2) is 6.44. The molecule has 0 aliphatic rings. The molecule has 88 valence electrons. The Morgan fingerprint density at radius 2 is 1.88 bits per heavy atom. The fraction of sp³-hybridized carbons (Fsp3) is 0.500. The van der Waals surface area contributed by atoms with Crippen molar-refractivity contribution in [2.75, 3.05) is 20.6 Å². The van der Waals surface area contributed by atoms with Crippen LogP contribution in [-0.2, 0) is 4.79 Å². The highest BCUT2D eigenvalue weighted by Crippen LogP contribution is 2.19. The fourth-order valence-corrected chi connectivity index (χ4v) is 1.86. The van der Waals surface area contributed by atoms with Crippen LogP contribution in [0, 0.1) is 0 Å². The summed E-state index contributed by atoms with van der Waals surface area (Å²) in [5, 5.41) is 0. The average Bonchev–Trinajstić information content (AvgIpc) is 2.27. The monoisotopic (exact) mass is 219 g/mol. The summed E-state index contributed by atoms with van der Waals surface area (Å²) in [6.07, 6.45) is 1.60. The third-order valence-corrected chi connectivity index (χ3v) is 2.63. The topological polar surface area (TPSA) is 20.3 Å². The number of nitrogens with zero attached hydrogens (tertiary/aromatic N) is 1. The highest BCUT2D eigenvalue weighted by Gasteiger charge is 2.19.